The average molecular weight is 280 g/mol. The van der Waals surface area contributed by atoms with Crippen LogP contribution in [-0.4, -0.2) is 20.1 Å². The van der Waals surface area contributed by atoms with Crippen LogP contribution in [0.5, 0.6) is 0 Å². The highest BCUT2D eigenvalue weighted by molar-refractivity contribution is 6.31. The fraction of sp³-hybridized carbons (Fsp3) is 0.429. The van der Waals surface area contributed by atoms with Crippen molar-refractivity contribution in [2.24, 2.45) is 13.0 Å². The van der Waals surface area contributed by atoms with Gasteiger partial charge in [-0.1, -0.05) is 25.4 Å². The minimum Gasteiger partial charge on any atom is -0.348 e. The van der Waals surface area contributed by atoms with Gasteiger partial charge in [0.2, 0.25) is 0 Å². The van der Waals surface area contributed by atoms with Gasteiger partial charge in [0.25, 0.3) is 0 Å². The van der Waals surface area contributed by atoms with Gasteiger partial charge in [-0.2, -0.15) is 5.10 Å². The molecule has 0 aliphatic heterocycles. The first-order chi connectivity index (χ1) is 8.90. The largest absolute Gasteiger partial charge is 0.348 e. The Balaban J connectivity index is 2.23. The molecule has 0 saturated heterocycles. The lowest BCUT2D eigenvalue weighted by atomic mass is 10.0. The maximum absolute atomic E-state index is 11.9. The van der Waals surface area contributed by atoms with Crippen molar-refractivity contribution in [2.45, 2.75) is 27.3 Å². The number of rotatable bonds is 4. The summed E-state index contributed by atoms with van der Waals surface area (Å²) < 4.78 is 3.74. The molecule has 0 amide bonds. The molecule has 19 heavy (non-hydrogen) atoms. The second-order valence-corrected chi connectivity index (χ2v) is 5.44. The van der Waals surface area contributed by atoms with Gasteiger partial charge >= 0.3 is 0 Å². The Morgan fingerprint density at radius 2 is 2.16 bits per heavy atom. The van der Waals surface area contributed by atoms with E-state index in [0.29, 0.717) is 11.6 Å². The fourth-order valence-electron chi connectivity index (χ4n) is 2.04. The van der Waals surface area contributed by atoms with E-state index in [9.17, 15) is 4.79 Å². The van der Waals surface area contributed by atoms with Crippen molar-refractivity contribution in [3.63, 3.8) is 0 Å². The van der Waals surface area contributed by atoms with E-state index < -0.39 is 0 Å². The van der Waals surface area contributed by atoms with Gasteiger partial charge in [-0.3, -0.25) is 9.48 Å². The standard InChI is InChI=1S/C14H18ClN3O/c1-9(2)14(19)11-5-6-18(7-11)8-12-13(15)10(3)16-17(12)4/h5-7,9H,8H2,1-4H3. The van der Waals surface area contributed by atoms with Crippen LogP contribution in [0.3, 0.4) is 0 Å². The van der Waals surface area contributed by atoms with Gasteiger partial charge in [0, 0.05) is 30.9 Å². The second kappa shape index (κ2) is 5.21. The van der Waals surface area contributed by atoms with Gasteiger partial charge in [0.15, 0.2) is 5.78 Å². The summed E-state index contributed by atoms with van der Waals surface area (Å²) in [5.41, 5.74) is 2.51. The van der Waals surface area contributed by atoms with Crippen LogP contribution in [0.15, 0.2) is 18.5 Å². The van der Waals surface area contributed by atoms with Crippen LogP contribution < -0.4 is 0 Å². The molecule has 0 aromatic carbocycles. The Morgan fingerprint density at radius 3 is 2.68 bits per heavy atom. The van der Waals surface area contributed by atoms with Crippen molar-refractivity contribution in [3.05, 3.63) is 40.4 Å². The Kier molecular flexibility index (Phi) is 3.80. The summed E-state index contributed by atoms with van der Waals surface area (Å²) in [5.74, 6) is 0.171. The second-order valence-electron chi connectivity index (χ2n) is 5.06. The number of aromatic nitrogens is 3. The molecule has 0 spiro atoms. The highest BCUT2D eigenvalue weighted by Crippen LogP contribution is 2.21. The maximum atomic E-state index is 11.9. The molecule has 0 fully saturated rings. The van der Waals surface area contributed by atoms with Gasteiger partial charge in [-0.25, -0.2) is 0 Å². The number of carbonyl (C=O) groups excluding carboxylic acids is 1. The molecule has 2 aromatic heterocycles. The maximum Gasteiger partial charge on any atom is 0.166 e. The molecule has 102 valence electrons. The molecule has 0 atom stereocenters. The number of halogens is 1. The number of nitrogens with zero attached hydrogens (tertiary/aromatic N) is 3. The SMILES string of the molecule is Cc1nn(C)c(Cn2ccc(C(=O)C(C)C)c2)c1Cl. The van der Waals surface area contributed by atoms with Crippen LogP contribution in [0.25, 0.3) is 0 Å². The normalized spacial score (nSPS) is 11.3. The number of aryl methyl sites for hydroxylation is 2. The average Bonchev–Trinajstić information content (AvgIpc) is 2.90. The highest BCUT2D eigenvalue weighted by atomic mass is 35.5. The summed E-state index contributed by atoms with van der Waals surface area (Å²) in [6, 6.07) is 1.85. The zero-order valence-corrected chi connectivity index (χ0v) is 12.4. The number of hydrogen-bond acceptors (Lipinski definition) is 2. The van der Waals surface area contributed by atoms with Crippen LogP contribution in [0.4, 0.5) is 0 Å². The number of carbonyl (C=O) groups is 1. The molecule has 0 unspecified atom stereocenters. The molecular weight excluding hydrogens is 262 g/mol. The molecule has 2 heterocycles. The van der Waals surface area contributed by atoms with Crippen molar-refractivity contribution in [2.75, 3.05) is 0 Å². The van der Waals surface area contributed by atoms with Gasteiger partial charge in [0.1, 0.15) is 0 Å². The van der Waals surface area contributed by atoms with Crippen LogP contribution in [0.1, 0.15) is 35.6 Å². The van der Waals surface area contributed by atoms with E-state index in [-0.39, 0.29) is 11.7 Å². The van der Waals surface area contributed by atoms with Crippen LogP contribution in [0.2, 0.25) is 5.02 Å². The first kappa shape index (κ1) is 13.9. The first-order valence-corrected chi connectivity index (χ1v) is 6.66. The lowest BCUT2D eigenvalue weighted by Gasteiger charge is -2.05. The molecular formula is C14H18ClN3O. The predicted octanol–water partition coefficient (Wildman–Crippen LogP) is 3.07. The first-order valence-electron chi connectivity index (χ1n) is 6.28. The summed E-state index contributed by atoms with van der Waals surface area (Å²) in [7, 11) is 1.87. The molecule has 5 heteroatoms. The van der Waals surface area contributed by atoms with Crippen molar-refractivity contribution in [1.82, 2.24) is 14.3 Å². The summed E-state index contributed by atoms with van der Waals surface area (Å²) in [5, 5.41) is 4.97. The zero-order chi connectivity index (χ0) is 14.2. The number of Topliss-reactive ketones (excluding diaryl/α,β-unsaturated/α-hetero) is 1. The fourth-order valence-corrected chi connectivity index (χ4v) is 2.26. The third-order valence-electron chi connectivity index (χ3n) is 3.15. The molecule has 0 saturated carbocycles. The predicted molar refractivity (Wildman–Crippen MR) is 75.7 cm³/mol. The topological polar surface area (TPSA) is 39.8 Å². The van der Waals surface area contributed by atoms with E-state index in [0.717, 1.165) is 17.0 Å². The Morgan fingerprint density at radius 1 is 1.47 bits per heavy atom. The third-order valence-corrected chi connectivity index (χ3v) is 3.64. The van der Waals surface area contributed by atoms with Gasteiger partial charge in [-0.15, -0.1) is 0 Å². The lowest BCUT2D eigenvalue weighted by molar-refractivity contribution is 0.0939. The Hall–Kier alpha value is -1.55. The Bertz CT molecular complexity index is 610. The molecule has 2 rings (SSSR count). The van der Waals surface area contributed by atoms with Crippen molar-refractivity contribution < 1.29 is 4.79 Å². The molecule has 2 aromatic rings. The van der Waals surface area contributed by atoms with E-state index >= 15 is 0 Å². The van der Waals surface area contributed by atoms with E-state index in [1.165, 1.54) is 0 Å². The highest BCUT2D eigenvalue weighted by Gasteiger charge is 2.14. The number of hydrogen-bond donors (Lipinski definition) is 0. The van der Waals surface area contributed by atoms with E-state index in [2.05, 4.69) is 5.10 Å². The monoisotopic (exact) mass is 279 g/mol. The Labute approximate surface area is 118 Å². The van der Waals surface area contributed by atoms with Crippen LogP contribution in [-0.2, 0) is 13.6 Å². The van der Waals surface area contributed by atoms with Gasteiger partial charge in [0.05, 0.1) is 23.0 Å². The van der Waals surface area contributed by atoms with Crippen molar-refractivity contribution in [1.29, 1.82) is 0 Å². The quantitative estimate of drug-likeness (QED) is 0.807. The molecule has 0 N–H and O–H groups in total. The third kappa shape index (κ3) is 2.73. The van der Waals surface area contributed by atoms with Crippen molar-refractivity contribution >= 4 is 17.4 Å². The van der Waals surface area contributed by atoms with E-state index in [1.54, 1.807) is 4.68 Å². The van der Waals surface area contributed by atoms with Crippen LogP contribution in [0, 0.1) is 12.8 Å². The molecule has 0 radical (unpaired) electrons. The van der Waals surface area contributed by atoms with Crippen molar-refractivity contribution in [3.8, 4) is 0 Å². The van der Waals surface area contributed by atoms with Gasteiger partial charge < -0.3 is 4.57 Å². The van der Waals surface area contributed by atoms with E-state index in [4.69, 9.17) is 11.6 Å². The van der Waals surface area contributed by atoms with E-state index in [1.807, 2.05) is 50.8 Å². The van der Waals surface area contributed by atoms with Crippen LogP contribution >= 0.6 is 11.6 Å². The summed E-state index contributed by atoms with van der Waals surface area (Å²) >= 11 is 6.22. The number of ketones is 1. The molecule has 0 aliphatic rings. The summed E-state index contributed by atoms with van der Waals surface area (Å²) in [6.07, 6.45) is 3.76. The minimum absolute atomic E-state index is 0.0124. The smallest absolute Gasteiger partial charge is 0.166 e. The minimum atomic E-state index is 0.0124. The molecule has 0 aliphatic carbocycles. The molecule has 4 nitrogen and oxygen atoms in total. The molecule has 0 bridgehead atoms. The van der Waals surface area contributed by atoms with Gasteiger partial charge in [-0.05, 0) is 13.0 Å². The lowest BCUT2D eigenvalue weighted by Crippen LogP contribution is -2.07. The summed E-state index contributed by atoms with van der Waals surface area (Å²) in [6.45, 7) is 6.30. The summed E-state index contributed by atoms with van der Waals surface area (Å²) in [4.78, 5) is 11.9. The zero-order valence-electron chi connectivity index (χ0n) is 11.6.